The van der Waals surface area contributed by atoms with E-state index in [0.717, 1.165) is 5.56 Å². The lowest BCUT2D eigenvalue weighted by Gasteiger charge is -2.16. The molecule has 0 unspecified atom stereocenters. The lowest BCUT2D eigenvalue weighted by atomic mass is 10.1. The van der Waals surface area contributed by atoms with Crippen molar-refractivity contribution in [2.24, 2.45) is 0 Å². The van der Waals surface area contributed by atoms with Gasteiger partial charge in [0.1, 0.15) is 0 Å². The first-order chi connectivity index (χ1) is 7.29. The topological polar surface area (TPSA) is 20.3 Å². The third-order valence-electron chi connectivity index (χ3n) is 2.34. The fourth-order valence-electron chi connectivity index (χ4n) is 1.64. The van der Waals surface area contributed by atoms with Crippen molar-refractivity contribution in [1.29, 1.82) is 0 Å². The van der Waals surface area contributed by atoms with Crippen LogP contribution in [0.2, 0.25) is 19.6 Å². The monoisotopic (exact) mass is 235 g/mol. The van der Waals surface area contributed by atoms with Gasteiger partial charge in [0.2, 0.25) is 0 Å². The van der Waals surface area contributed by atoms with Crippen LogP contribution in [-0.4, -0.2) is 33.0 Å². The molecule has 0 radical (unpaired) electrons. The summed E-state index contributed by atoms with van der Waals surface area (Å²) in [5.41, 5.74) is 2.11. The summed E-state index contributed by atoms with van der Waals surface area (Å²) in [5, 5.41) is 0. The van der Waals surface area contributed by atoms with Crippen molar-refractivity contribution < 1.29 is 4.79 Å². The summed E-state index contributed by atoms with van der Waals surface area (Å²) >= 11 is 0. The molecule has 1 rings (SSSR count). The summed E-state index contributed by atoms with van der Waals surface area (Å²) in [6.07, 6.45) is 0. The van der Waals surface area contributed by atoms with E-state index in [9.17, 15) is 4.79 Å². The number of hydrogen-bond acceptors (Lipinski definition) is 1. The molecular formula is C13H21NOSi. The van der Waals surface area contributed by atoms with Crippen LogP contribution in [0.5, 0.6) is 0 Å². The first kappa shape index (κ1) is 13.0. The van der Waals surface area contributed by atoms with Gasteiger partial charge in [0, 0.05) is 27.7 Å². The van der Waals surface area contributed by atoms with Gasteiger partial charge in [-0.2, -0.15) is 0 Å². The summed E-state index contributed by atoms with van der Waals surface area (Å²) in [4.78, 5) is 13.3. The SMILES string of the molecule is CN(C)C(=O)c1ccc(C[Si](C)(C)C)cc1. The maximum atomic E-state index is 11.7. The first-order valence-electron chi connectivity index (χ1n) is 5.60. The molecule has 88 valence electrons. The molecule has 1 aromatic rings. The Morgan fingerprint density at radius 2 is 1.62 bits per heavy atom. The van der Waals surface area contributed by atoms with E-state index in [1.165, 1.54) is 11.6 Å². The van der Waals surface area contributed by atoms with Crippen molar-refractivity contribution in [2.45, 2.75) is 25.7 Å². The second-order valence-corrected chi connectivity index (χ2v) is 11.1. The average Bonchev–Trinajstić information content (AvgIpc) is 2.15. The zero-order valence-electron chi connectivity index (χ0n) is 10.9. The minimum Gasteiger partial charge on any atom is -0.345 e. The molecule has 0 saturated carbocycles. The molecule has 0 atom stereocenters. The van der Waals surface area contributed by atoms with E-state index in [2.05, 4.69) is 31.8 Å². The second kappa shape index (κ2) is 4.83. The molecule has 1 aromatic carbocycles. The molecule has 0 aliphatic carbocycles. The van der Waals surface area contributed by atoms with Crippen LogP contribution in [0.4, 0.5) is 0 Å². The van der Waals surface area contributed by atoms with E-state index in [0.29, 0.717) is 0 Å². The molecule has 0 aliphatic rings. The number of hydrogen-bond donors (Lipinski definition) is 0. The van der Waals surface area contributed by atoms with Crippen LogP contribution in [0.25, 0.3) is 0 Å². The van der Waals surface area contributed by atoms with E-state index < -0.39 is 8.07 Å². The molecule has 1 amide bonds. The highest BCUT2D eigenvalue weighted by Gasteiger charge is 2.14. The quantitative estimate of drug-likeness (QED) is 0.738. The van der Waals surface area contributed by atoms with E-state index in [4.69, 9.17) is 0 Å². The van der Waals surface area contributed by atoms with E-state index in [1.54, 1.807) is 19.0 Å². The third kappa shape index (κ3) is 3.81. The Morgan fingerprint density at radius 3 is 2.00 bits per heavy atom. The Morgan fingerprint density at radius 1 is 1.12 bits per heavy atom. The van der Waals surface area contributed by atoms with Crippen LogP contribution >= 0.6 is 0 Å². The van der Waals surface area contributed by atoms with Gasteiger partial charge >= 0.3 is 0 Å². The predicted octanol–water partition coefficient (Wildman–Crippen LogP) is 2.81. The second-order valence-electron chi connectivity index (χ2n) is 5.63. The first-order valence-corrected chi connectivity index (χ1v) is 9.31. The van der Waals surface area contributed by atoms with Gasteiger partial charge in [-0.1, -0.05) is 37.3 Å². The Balaban J connectivity index is 2.80. The van der Waals surface area contributed by atoms with Crippen molar-refractivity contribution in [3.63, 3.8) is 0 Å². The van der Waals surface area contributed by atoms with Crippen molar-refractivity contribution in [3.05, 3.63) is 35.4 Å². The largest absolute Gasteiger partial charge is 0.345 e. The van der Waals surface area contributed by atoms with Gasteiger partial charge in [0.05, 0.1) is 0 Å². The van der Waals surface area contributed by atoms with Gasteiger partial charge in [0.15, 0.2) is 0 Å². The molecule has 16 heavy (non-hydrogen) atoms. The number of nitrogens with zero attached hydrogens (tertiary/aromatic N) is 1. The van der Waals surface area contributed by atoms with Crippen molar-refractivity contribution in [3.8, 4) is 0 Å². The van der Waals surface area contributed by atoms with Gasteiger partial charge in [-0.25, -0.2) is 0 Å². The normalized spacial score (nSPS) is 11.3. The predicted molar refractivity (Wildman–Crippen MR) is 71.5 cm³/mol. The number of benzene rings is 1. The molecule has 0 heterocycles. The Hall–Kier alpha value is -1.09. The van der Waals surface area contributed by atoms with Crippen molar-refractivity contribution in [2.75, 3.05) is 14.1 Å². The molecule has 0 fully saturated rings. The minimum absolute atomic E-state index is 0.0690. The molecule has 0 N–H and O–H groups in total. The summed E-state index contributed by atoms with van der Waals surface area (Å²) in [6, 6.07) is 9.18. The van der Waals surface area contributed by atoms with Gasteiger partial charge < -0.3 is 4.90 Å². The number of carbonyl (C=O) groups is 1. The van der Waals surface area contributed by atoms with Crippen molar-refractivity contribution >= 4 is 14.0 Å². The van der Waals surface area contributed by atoms with Gasteiger partial charge in [-0.05, 0) is 18.2 Å². The van der Waals surface area contributed by atoms with Gasteiger partial charge in [-0.15, -0.1) is 0 Å². The van der Waals surface area contributed by atoms with E-state index >= 15 is 0 Å². The van der Waals surface area contributed by atoms with Gasteiger partial charge in [-0.3, -0.25) is 4.79 Å². The third-order valence-corrected chi connectivity index (χ3v) is 3.81. The highest BCUT2D eigenvalue weighted by molar-refractivity contribution is 6.75. The van der Waals surface area contributed by atoms with Crippen LogP contribution in [0.1, 0.15) is 15.9 Å². The van der Waals surface area contributed by atoms with E-state index in [-0.39, 0.29) is 5.91 Å². The summed E-state index contributed by atoms with van der Waals surface area (Å²) in [6.45, 7) is 7.06. The molecule has 0 aliphatic heterocycles. The minimum atomic E-state index is -1.06. The van der Waals surface area contributed by atoms with Crippen molar-refractivity contribution in [1.82, 2.24) is 4.90 Å². The maximum Gasteiger partial charge on any atom is 0.253 e. The fourth-order valence-corrected chi connectivity index (χ4v) is 3.10. The zero-order chi connectivity index (χ0) is 12.3. The number of amides is 1. The summed E-state index contributed by atoms with van der Waals surface area (Å²) in [5.74, 6) is 0.0690. The maximum absolute atomic E-state index is 11.7. The zero-order valence-corrected chi connectivity index (χ0v) is 11.9. The average molecular weight is 235 g/mol. The molecule has 0 saturated heterocycles. The highest BCUT2D eigenvalue weighted by atomic mass is 28.3. The Labute approximate surface area is 99.3 Å². The standard InChI is InChI=1S/C13H21NOSi/c1-14(2)13(15)12-8-6-11(7-9-12)10-16(3,4)5/h6-9H,10H2,1-5H3. The summed E-state index contributed by atoms with van der Waals surface area (Å²) in [7, 11) is 2.49. The Bertz CT molecular complexity index is 363. The van der Waals surface area contributed by atoms with Gasteiger partial charge in [0.25, 0.3) is 5.91 Å². The molecular weight excluding hydrogens is 214 g/mol. The molecule has 0 aromatic heterocycles. The smallest absolute Gasteiger partial charge is 0.253 e. The van der Waals surface area contributed by atoms with E-state index in [1.807, 2.05) is 12.1 Å². The number of carbonyl (C=O) groups excluding carboxylic acids is 1. The summed E-state index contributed by atoms with van der Waals surface area (Å²) < 4.78 is 0. The molecule has 0 spiro atoms. The molecule has 3 heteroatoms. The molecule has 2 nitrogen and oxygen atoms in total. The lowest BCUT2D eigenvalue weighted by molar-refractivity contribution is 0.0827. The Kier molecular flexibility index (Phi) is 3.91. The fraction of sp³-hybridized carbons (Fsp3) is 0.462. The lowest BCUT2D eigenvalue weighted by Crippen LogP contribution is -2.24. The van der Waals surface area contributed by atoms with Crippen LogP contribution < -0.4 is 0 Å². The highest BCUT2D eigenvalue weighted by Crippen LogP contribution is 2.13. The van der Waals surface area contributed by atoms with Crippen LogP contribution in [0.3, 0.4) is 0 Å². The molecule has 0 bridgehead atoms. The number of rotatable bonds is 3. The van der Waals surface area contributed by atoms with Crippen LogP contribution in [0, 0.1) is 0 Å². The van der Waals surface area contributed by atoms with Crippen LogP contribution in [-0.2, 0) is 6.04 Å². The van der Waals surface area contributed by atoms with Crippen LogP contribution in [0.15, 0.2) is 24.3 Å².